The Balaban J connectivity index is 1.62. The molecular weight excluding hydrogens is 356 g/mol. The van der Waals surface area contributed by atoms with Crippen LogP contribution in [0.1, 0.15) is 16.1 Å². The van der Waals surface area contributed by atoms with Crippen LogP contribution in [0.25, 0.3) is 5.69 Å². The van der Waals surface area contributed by atoms with E-state index in [1.54, 1.807) is 61.4 Å². The van der Waals surface area contributed by atoms with Gasteiger partial charge >= 0.3 is 0 Å². The first-order valence-corrected chi connectivity index (χ1v) is 8.78. The number of rotatable bonds is 6. The summed E-state index contributed by atoms with van der Waals surface area (Å²) < 4.78 is 6.93. The number of hydrogen-bond acceptors (Lipinski definition) is 4. The third-order valence-corrected chi connectivity index (χ3v) is 4.27. The Morgan fingerprint density at radius 2 is 1.89 bits per heavy atom. The maximum atomic E-state index is 12.6. The number of benzene rings is 2. The molecule has 0 saturated heterocycles. The molecule has 0 spiro atoms. The van der Waals surface area contributed by atoms with Crippen molar-refractivity contribution in [2.75, 3.05) is 26.0 Å². The Kier molecular flexibility index (Phi) is 5.74. The number of nitrogens with zero attached hydrogens (tertiary/aromatic N) is 3. The second kappa shape index (κ2) is 8.39. The van der Waals surface area contributed by atoms with E-state index in [0.717, 1.165) is 11.4 Å². The van der Waals surface area contributed by atoms with Crippen LogP contribution in [0.4, 0.5) is 5.69 Å². The van der Waals surface area contributed by atoms with Gasteiger partial charge in [0.25, 0.3) is 5.91 Å². The summed E-state index contributed by atoms with van der Waals surface area (Å²) in [6.45, 7) is 1.90. The third-order valence-electron chi connectivity index (χ3n) is 4.27. The summed E-state index contributed by atoms with van der Waals surface area (Å²) in [7, 11) is 3.16. The SMILES string of the molecule is COc1cccc(NC(=O)CN(C)C(=O)c2ccc(-n3nccc3C)cc2)c1. The lowest BCUT2D eigenvalue weighted by atomic mass is 10.2. The van der Waals surface area contributed by atoms with E-state index < -0.39 is 0 Å². The average molecular weight is 378 g/mol. The second-order valence-electron chi connectivity index (χ2n) is 6.37. The zero-order valence-corrected chi connectivity index (χ0v) is 16.0. The number of anilines is 1. The predicted octanol–water partition coefficient (Wildman–Crippen LogP) is 2.90. The third kappa shape index (κ3) is 4.37. The number of methoxy groups -OCH3 is 1. The molecule has 0 fully saturated rings. The monoisotopic (exact) mass is 378 g/mol. The van der Waals surface area contributed by atoms with Crippen LogP contribution in [0.15, 0.2) is 60.8 Å². The lowest BCUT2D eigenvalue weighted by Gasteiger charge is -2.17. The van der Waals surface area contributed by atoms with Gasteiger partial charge in [-0.1, -0.05) is 6.07 Å². The zero-order chi connectivity index (χ0) is 20.1. The van der Waals surface area contributed by atoms with E-state index in [4.69, 9.17) is 4.74 Å². The number of carbonyl (C=O) groups is 2. The van der Waals surface area contributed by atoms with Crippen LogP contribution >= 0.6 is 0 Å². The van der Waals surface area contributed by atoms with Gasteiger partial charge in [0.15, 0.2) is 0 Å². The first-order valence-electron chi connectivity index (χ1n) is 8.78. The molecule has 0 atom stereocenters. The average Bonchev–Trinajstić information content (AvgIpc) is 3.13. The van der Waals surface area contributed by atoms with Crippen molar-refractivity contribution in [1.29, 1.82) is 0 Å². The molecule has 7 nitrogen and oxygen atoms in total. The minimum Gasteiger partial charge on any atom is -0.497 e. The van der Waals surface area contributed by atoms with Gasteiger partial charge in [-0.25, -0.2) is 4.68 Å². The van der Waals surface area contributed by atoms with Crippen LogP contribution in [0.3, 0.4) is 0 Å². The molecule has 0 unspecified atom stereocenters. The molecule has 3 aromatic rings. The summed E-state index contributed by atoms with van der Waals surface area (Å²) in [5, 5.41) is 7.01. The van der Waals surface area contributed by atoms with E-state index in [2.05, 4.69) is 10.4 Å². The van der Waals surface area contributed by atoms with Gasteiger partial charge in [-0.05, 0) is 49.4 Å². The van der Waals surface area contributed by atoms with Gasteiger partial charge in [-0.2, -0.15) is 5.10 Å². The van der Waals surface area contributed by atoms with Gasteiger partial charge in [0.05, 0.1) is 19.3 Å². The molecule has 1 N–H and O–H groups in total. The largest absolute Gasteiger partial charge is 0.497 e. The smallest absolute Gasteiger partial charge is 0.254 e. The standard InChI is InChI=1S/C21H22N4O3/c1-15-11-12-22-25(15)18-9-7-16(8-10-18)21(27)24(2)14-20(26)23-17-5-4-6-19(13-17)28-3/h4-13H,14H2,1-3H3,(H,23,26). The van der Waals surface area contributed by atoms with E-state index in [-0.39, 0.29) is 18.4 Å². The van der Waals surface area contributed by atoms with Gasteiger partial charge in [0.1, 0.15) is 5.75 Å². The Labute approximate surface area is 163 Å². The zero-order valence-electron chi connectivity index (χ0n) is 16.0. The number of aryl methyl sites for hydroxylation is 1. The molecule has 2 amide bonds. The fourth-order valence-corrected chi connectivity index (χ4v) is 2.79. The summed E-state index contributed by atoms with van der Waals surface area (Å²) in [5.41, 5.74) is 3.00. The highest BCUT2D eigenvalue weighted by Gasteiger charge is 2.15. The molecule has 2 aromatic carbocycles. The van der Waals surface area contributed by atoms with Gasteiger partial charge in [0.2, 0.25) is 5.91 Å². The number of aromatic nitrogens is 2. The van der Waals surface area contributed by atoms with Crippen LogP contribution in [0.2, 0.25) is 0 Å². The second-order valence-corrected chi connectivity index (χ2v) is 6.37. The molecule has 0 saturated carbocycles. The molecule has 1 aromatic heterocycles. The van der Waals surface area contributed by atoms with Crippen molar-refractivity contribution in [3.63, 3.8) is 0 Å². The fraction of sp³-hybridized carbons (Fsp3) is 0.190. The van der Waals surface area contributed by atoms with Crippen molar-refractivity contribution in [3.8, 4) is 11.4 Å². The van der Waals surface area contributed by atoms with Crippen molar-refractivity contribution in [1.82, 2.24) is 14.7 Å². The summed E-state index contributed by atoms with van der Waals surface area (Å²) in [6.07, 6.45) is 1.73. The normalized spacial score (nSPS) is 10.4. The van der Waals surface area contributed by atoms with Crippen LogP contribution in [-0.4, -0.2) is 47.2 Å². The van der Waals surface area contributed by atoms with Crippen molar-refractivity contribution in [2.45, 2.75) is 6.92 Å². The Morgan fingerprint density at radius 3 is 2.54 bits per heavy atom. The van der Waals surface area contributed by atoms with Crippen molar-refractivity contribution >= 4 is 17.5 Å². The van der Waals surface area contributed by atoms with E-state index in [0.29, 0.717) is 17.0 Å². The van der Waals surface area contributed by atoms with Crippen LogP contribution in [0.5, 0.6) is 5.75 Å². The van der Waals surface area contributed by atoms with Gasteiger partial charge in [0, 0.05) is 36.3 Å². The molecular formula is C21H22N4O3. The molecule has 0 aliphatic carbocycles. The van der Waals surface area contributed by atoms with Crippen LogP contribution < -0.4 is 10.1 Å². The first-order chi connectivity index (χ1) is 13.5. The van der Waals surface area contributed by atoms with Crippen LogP contribution in [0, 0.1) is 6.92 Å². The quantitative estimate of drug-likeness (QED) is 0.716. The Bertz CT molecular complexity index is 979. The predicted molar refractivity (Wildman–Crippen MR) is 107 cm³/mol. The van der Waals surface area contributed by atoms with E-state index in [1.807, 2.05) is 25.1 Å². The van der Waals surface area contributed by atoms with E-state index >= 15 is 0 Å². The van der Waals surface area contributed by atoms with E-state index in [1.165, 1.54) is 4.90 Å². The number of amides is 2. The highest BCUT2D eigenvalue weighted by molar-refractivity contribution is 5.99. The minimum absolute atomic E-state index is 0.0595. The van der Waals surface area contributed by atoms with Crippen molar-refractivity contribution in [2.24, 2.45) is 0 Å². The van der Waals surface area contributed by atoms with Gasteiger partial charge in [-0.3, -0.25) is 9.59 Å². The summed E-state index contributed by atoms with van der Waals surface area (Å²) >= 11 is 0. The Hall–Kier alpha value is -3.61. The van der Waals surface area contributed by atoms with Crippen molar-refractivity contribution < 1.29 is 14.3 Å². The summed E-state index contributed by atoms with van der Waals surface area (Å²) in [5.74, 6) is 0.132. The molecule has 3 rings (SSSR count). The molecule has 144 valence electrons. The molecule has 28 heavy (non-hydrogen) atoms. The summed E-state index contributed by atoms with van der Waals surface area (Å²) in [6, 6.07) is 16.1. The number of hydrogen-bond donors (Lipinski definition) is 1. The number of ether oxygens (including phenoxy) is 1. The van der Waals surface area contributed by atoms with Gasteiger partial charge < -0.3 is 15.0 Å². The van der Waals surface area contributed by atoms with E-state index in [9.17, 15) is 9.59 Å². The molecule has 7 heteroatoms. The maximum absolute atomic E-state index is 12.6. The highest BCUT2D eigenvalue weighted by Crippen LogP contribution is 2.17. The fourth-order valence-electron chi connectivity index (χ4n) is 2.79. The number of nitrogens with one attached hydrogen (secondary N) is 1. The van der Waals surface area contributed by atoms with Crippen molar-refractivity contribution in [3.05, 3.63) is 72.1 Å². The van der Waals surface area contributed by atoms with Crippen LogP contribution in [-0.2, 0) is 4.79 Å². The topological polar surface area (TPSA) is 76.5 Å². The molecule has 0 aliphatic rings. The first kappa shape index (κ1) is 19.2. The number of likely N-dealkylation sites (N-methyl/N-ethyl adjacent to an activating group) is 1. The molecule has 0 radical (unpaired) electrons. The molecule has 0 aliphatic heterocycles. The minimum atomic E-state index is -0.284. The number of carbonyl (C=O) groups excluding carboxylic acids is 2. The van der Waals surface area contributed by atoms with Gasteiger partial charge in [-0.15, -0.1) is 0 Å². The highest BCUT2D eigenvalue weighted by atomic mass is 16.5. The summed E-state index contributed by atoms with van der Waals surface area (Å²) in [4.78, 5) is 26.2. The Morgan fingerprint density at radius 1 is 1.14 bits per heavy atom. The molecule has 1 heterocycles. The maximum Gasteiger partial charge on any atom is 0.254 e. The molecule has 0 bridgehead atoms. The lowest BCUT2D eigenvalue weighted by molar-refractivity contribution is -0.116. The lowest BCUT2D eigenvalue weighted by Crippen LogP contribution is -2.34.